The molecule has 0 saturated heterocycles. The van der Waals surface area contributed by atoms with E-state index in [-0.39, 0.29) is 10.8 Å². The fourth-order valence-corrected chi connectivity index (χ4v) is 2.25. The summed E-state index contributed by atoms with van der Waals surface area (Å²) in [6, 6.07) is 5.73. The van der Waals surface area contributed by atoms with Crippen molar-refractivity contribution in [3.05, 3.63) is 57.7 Å². The average Bonchev–Trinajstić information content (AvgIpc) is 2.56. The molecule has 9 heteroatoms. The molecule has 0 unspecified atom stereocenters. The van der Waals surface area contributed by atoms with E-state index in [4.69, 9.17) is 16.3 Å². The first-order valence-corrected chi connectivity index (χ1v) is 7.73. The van der Waals surface area contributed by atoms with Crippen molar-refractivity contribution in [3.8, 4) is 0 Å². The summed E-state index contributed by atoms with van der Waals surface area (Å²) in [5, 5.41) is 1.81. The van der Waals surface area contributed by atoms with Crippen molar-refractivity contribution in [1.29, 1.82) is 0 Å². The van der Waals surface area contributed by atoms with Crippen LogP contribution in [0, 0.1) is 13.8 Å². The summed E-state index contributed by atoms with van der Waals surface area (Å²) < 4.78 is 42.6. The molecule has 1 aromatic carbocycles. The maximum Gasteiger partial charge on any atom is 0.417 e. The first-order chi connectivity index (χ1) is 12.1. The maximum absolute atomic E-state index is 12.6. The summed E-state index contributed by atoms with van der Waals surface area (Å²) in [6.45, 7) is 2.94. The van der Waals surface area contributed by atoms with Crippen LogP contribution in [0.5, 0.6) is 0 Å². The molecule has 0 saturated carbocycles. The van der Waals surface area contributed by atoms with Crippen LogP contribution in [0.3, 0.4) is 0 Å². The van der Waals surface area contributed by atoms with Gasteiger partial charge in [0.05, 0.1) is 16.1 Å². The first kappa shape index (κ1) is 19.7. The van der Waals surface area contributed by atoms with Gasteiger partial charge in [-0.3, -0.25) is 4.79 Å². The third-order valence-electron chi connectivity index (χ3n) is 3.59. The van der Waals surface area contributed by atoms with Crippen LogP contribution >= 0.6 is 11.6 Å². The van der Waals surface area contributed by atoms with E-state index < -0.39 is 30.2 Å². The second-order valence-electron chi connectivity index (χ2n) is 5.42. The highest BCUT2D eigenvalue weighted by Gasteiger charge is 2.31. The molecule has 26 heavy (non-hydrogen) atoms. The van der Waals surface area contributed by atoms with E-state index >= 15 is 0 Å². The van der Waals surface area contributed by atoms with Gasteiger partial charge in [-0.2, -0.15) is 13.2 Å². The number of aryl methyl sites for hydroxylation is 1. The van der Waals surface area contributed by atoms with Crippen LogP contribution in [0.15, 0.2) is 30.5 Å². The fraction of sp³-hybridized carbons (Fsp3) is 0.235. The van der Waals surface area contributed by atoms with E-state index in [1.165, 1.54) is 0 Å². The third kappa shape index (κ3) is 4.72. The second kappa shape index (κ2) is 7.74. The van der Waals surface area contributed by atoms with Crippen LogP contribution in [-0.4, -0.2) is 23.5 Å². The van der Waals surface area contributed by atoms with Gasteiger partial charge >= 0.3 is 12.1 Å². The van der Waals surface area contributed by atoms with Crippen LogP contribution in [0.1, 0.15) is 27.0 Å². The van der Waals surface area contributed by atoms with E-state index in [0.29, 0.717) is 17.8 Å². The Bertz CT molecular complexity index is 854. The summed E-state index contributed by atoms with van der Waals surface area (Å²) in [4.78, 5) is 27.3. The van der Waals surface area contributed by atoms with Crippen LogP contribution in [-0.2, 0) is 15.7 Å². The van der Waals surface area contributed by atoms with Crippen molar-refractivity contribution < 1.29 is 27.5 Å². The van der Waals surface area contributed by atoms with E-state index in [1.54, 1.807) is 19.1 Å². The number of alkyl halides is 3. The smallest absolute Gasteiger partial charge is 0.417 e. The number of esters is 1. The maximum atomic E-state index is 12.6. The molecule has 2 aromatic rings. The zero-order chi connectivity index (χ0) is 19.5. The standard InChI is InChI=1S/C17H14ClF3N2O3/c1-9-4-3-5-12(10(9)2)16(25)26-8-14(24)23-15-13(18)6-11(7-22-15)17(19,20)21/h3-7H,8H2,1-2H3,(H,22,23,24). The average molecular weight is 387 g/mol. The van der Waals surface area contributed by atoms with E-state index in [2.05, 4.69) is 10.3 Å². The number of nitrogens with zero attached hydrogens (tertiary/aromatic N) is 1. The van der Waals surface area contributed by atoms with Gasteiger partial charge in [0.25, 0.3) is 5.91 Å². The van der Waals surface area contributed by atoms with E-state index in [0.717, 1.165) is 11.1 Å². The number of carbonyl (C=O) groups is 2. The lowest BCUT2D eigenvalue weighted by molar-refractivity contribution is -0.137. The molecule has 1 aromatic heterocycles. The normalized spacial score (nSPS) is 11.2. The molecule has 0 bridgehead atoms. The number of rotatable bonds is 4. The number of nitrogens with one attached hydrogen (secondary N) is 1. The molecule has 1 amide bonds. The summed E-state index contributed by atoms with van der Waals surface area (Å²) in [5.74, 6) is -1.72. The van der Waals surface area contributed by atoms with Crippen LogP contribution < -0.4 is 5.32 Å². The van der Waals surface area contributed by atoms with Gasteiger partial charge in [-0.05, 0) is 37.1 Å². The van der Waals surface area contributed by atoms with Crippen LogP contribution in [0.25, 0.3) is 0 Å². The van der Waals surface area contributed by atoms with Gasteiger partial charge in [-0.15, -0.1) is 0 Å². The number of ether oxygens (including phenoxy) is 1. The lowest BCUT2D eigenvalue weighted by atomic mass is 10.0. The minimum Gasteiger partial charge on any atom is -0.452 e. The summed E-state index contributed by atoms with van der Waals surface area (Å²) in [7, 11) is 0. The molecule has 0 atom stereocenters. The highest BCUT2D eigenvalue weighted by atomic mass is 35.5. The van der Waals surface area contributed by atoms with Gasteiger partial charge in [0, 0.05) is 6.20 Å². The SMILES string of the molecule is Cc1cccc(C(=O)OCC(=O)Nc2ncc(C(F)(F)F)cc2Cl)c1C. The molecule has 0 aliphatic rings. The minimum atomic E-state index is -4.60. The molecule has 0 radical (unpaired) electrons. The predicted octanol–water partition coefficient (Wildman–Crippen LogP) is 4.17. The molecular weight excluding hydrogens is 373 g/mol. The Morgan fingerprint density at radius 2 is 1.96 bits per heavy atom. The number of hydrogen-bond acceptors (Lipinski definition) is 4. The third-order valence-corrected chi connectivity index (χ3v) is 3.87. The van der Waals surface area contributed by atoms with Gasteiger partial charge in [-0.25, -0.2) is 9.78 Å². The number of halogens is 4. The Morgan fingerprint density at radius 1 is 1.27 bits per heavy atom. The van der Waals surface area contributed by atoms with Crippen LogP contribution in [0.4, 0.5) is 19.0 Å². The molecule has 0 fully saturated rings. The topological polar surface area (TPSA) is 68.3 Å². The van der Waals surface area contributed by atoms with Crippen molar-refractivity contribution in [1.82, 2.24) is 4.98 Å². The van der Waals surface area contributed by atoms with E-state index in [9.17, 15) is 22.8 Å². The zero-order valence-corrected chi connectivity index (χ0v) is 14.5. The molecule has 2 rings (SSSR count). The monoisotopic (exact) mass is 386 g/mol. The Kier molecular flexibility index (Phi) is 5.86. The largest absolute Gasteiger partial charge is 0.452 e. The van der Waals surface area contributed by atoms with Gasteiger partial charge in [0.15, 0.2) is 12.4 Å². The van der Waals surface area contributed by atoms with Crippen molar-refractivity contribution in [2.45, 2.75) is 20.0 Å². The lowest BCUT2D eigenvalue weighted by Gasteiger charge is -2.11. The Hall–Kier alpha value is -2.61. The van der Waals surface area contributed by atoms with Gasteiger partial charge in [0.1, 0.15) is 0 Å². The minimum absolute atomic E-state index is 0.257. The molecule has 0 aliphatic heterocycles. The number of hydrogen-bond donors (Lipinski definition) is 1. The Balaban J connectivity index is 1.99. The summed E-state index contributed by atoms with van der Waals surface area (Å²) >= 11 is 5.69. The van der Waals surface area contributed by atoms with Crippen molar-refractivity contribution in [3.63, 3.8) is 0 Å². The summed E-state index contributed by atoms with van der Waals surface area (Å²) in [5.41, 5.74) is 0.903. The van der Waals surface area contributed by atoms with E-state index in [1.807, 2.05) is 13.0 Å². The Morgan fingerprint density at radius 3 is 2.58 bits per heavy atom. The summed E-state index contributed by atoms with van der Waals surface area (Å²) in [6.07, 6.45) is -4.05. The molecule has 0 aliphatic carbocycles. The molecule has 5 nitrogen and oxygen atoms in total. The van der Waals surface area contributed by atoms with Gasteiger partial charge in [-0.1, -0.05) is 23.7 Å². The quantitative estimate of drug-likeness (QED) is 0.801. The van der Waals surface area contributed by atoms with Crippen LogP contribution in [0.2, 0.25) is 5.02 Å². The second-order valence-corrected chi connectivity index (χ2v) is 5.83. The van der Waals surface area contributed by atoms with Crippen molar-refractivity contribution >= 4 is 29.3 Å². The number of amides is 1. The highest BCUT2D eigenvalue weighted by Crippen LogP contribution is 2.32. The van der Waals surface area contributed by atoms with Crippen molar-refractivity contribution in [2.75, 3.05) is 11.9 Å². The molecule has 138 valence electrons. The first-order valence-electron chi connectivity index (χ1n) is 7.35. The van der Waals surface area contributed by atoms with Crippen molar-refractivity contribution in [2.24, 2.45) is 0 Å². The van der Waals surface area contributed by atoms with Gasteiger partial charge < -0.3 is 10.1 Å². The molecule has 1 heterocycles. The number of carbonyl (C=O) groups excluding carboxylic acids is 2. The highest BCUT2D eigenvalue weighted by molar-refractivity contribution is 6.33. The Labute approximate surface area is 152 Å². The zero-order valence-electron chi connectivity index (χ0n) is 13.8. The predicted molar refractivity (Wildman–Crippen MR) is 89.1 cm³/mol. The van der Waals surface area contributed by atoms with Gasteiger partial charge in [0.2, 0.25) is 0 Å². The number of benzene rings is 1. The number of anilines is 1. The number of aromatic nitrogens is 1. The molecule has 0 spiro atoms. The molecular formula is C17H14ClF3N2O3. The fourth-order valence-electron chi connectivity index (χ4n) is 2.03. The number of pyridine rings is 1. The molecule has 1 N–H and O–H groups in total. The lowest BCUT2D eigenvalue weighted by Crippen LogP contribution is -2.22.